The van der Waals surface area contributed by atoms with Crippen LogP contribution in [-0.4, -0.2) is 0 Å². The first kappa shape index (κ1) is 39.9. The van der Waals surface area contributed by atoms with Crippen LogP contribution in [0.2, 0.25) is 0 Å². The molecule has 0 bridgehead atoms. The van der Waals surface area contributed by atoms with Crippen LogP contribution in [0.4, 0.5) is 17.1 Å². The van der Waals surface area contributed by atoms with Crippen molar-refractivity contribution in [2.75, 3.05) is 4.90 Å². The van der Waals surface area contributed by atoms with Gasteiger partial charge in [0, 0.05) is 38.8 Å². The van der Waals surface area contributed by atoms with E-state index in [1.54, 1.807) is 11.1 Å². The first-order valence-corrected chi connectivity index (χ1v) is 24.4. The molecule has 0 aliphatic heterocycles. The lowest BCUT2D eigenvalue weighted by atomic mass is 9.53. The number of furan rings is 1. The fraction of sp³-hybridized carbons (Fsp3) is 0.238. The van der Waals surface area contributed by atoms with Crippen molar-refractivity contribution < 1.29 is 4.42 Å². The average molecular weight is 844 g/mol. The Balaban J connectivity index is 0.977. The molecule has 0 amide bonds. The third kappa shape index (κ3) is 6.67. The van der Waals surface area contributed by atoms with Crippen molar-refractivity contribution in [1.29, 1.82) is 0 Å². The summed E-state index contributed by atoms with van der Waals surface area (Å²) in [6, 6.07) is 65.5. The molecule has 0 unspecified atom stereocenters. The van der Waals surface area contributed by atoms with Crippen LogP contribution in [0, 0.1) is 25.7 Å². The van der Waals surface area contributed by atoms with Gasteiger partial charge in [-0.25, -0.2) is 0 Å². The minimum Gasteiger partial charge on any atom is -0.455 e. The van der Waals surface area contributed by atoms with Gasteiger partial charge in [0.05, 0.1) is 0 Å². The van der Waals surface area contributed by atoms with E-state index in [2.05, 4.69) is 189 Å². The van der Waals surface area contributed by atoms with Gasteiger partial charge < -0.3 is 9.32 Å². The second-order valence-electron chi connectivity index (χ2n) is 19.4. The monoisotopic (exact) mass is 843 g/mol. The third-order valence-corrected chi connectivity index (χ3v) is 15.7. The summed E-state index contributed by atoms with van der Waals surface area (Å²) in [6.45, 7) is 4.73. The zero-order valence-electron chi connectivity index (χ0n) is 37.8. The molecule has 1 heterocycles. The van der Waals surface area contributed by atoms with Crippen LogP contribution in [0.1, 0.15) is 86.5 Å². The molecule has 0 saturated heterocycles. The Bertz CT molecular complexity index is 3140. The molecule has 2 fully saturated rings. The fourth-order valence-electron chi connectivity index (χ4n) is 13.0. The molecule has 2 heteroatoms. The van der Waals surface area contributed by atoms with Crippen molar-refractivity contribution >= 4 is 39.0 Å². The molecular formula is C63H57NO. The summed E-state index contributed by atoms with van der Waals surface area (Å²) in [5.41, 5.74) is 21.9. The number of hydrogen-bond acceptors (Lipinski definition) is 2. The van der Waals surface area contributed by atoms with Gasteiger partial charge in [-0.1, -0.05) is 178 Å². The third-order valence-electron chi connectivity index (χ3n) is 15.7. The summed E-state index contributed by atoms with van der Waals surface area (Å²) in [5.74, 6) is 1.33. The minimum atomic E-state index is 0.0412. The Morgan fingerprint density at radius 1 is 0.415 bits per heavy atom. The molecule has 0 atom stereocenters. The van der Waals surface area contributed by atoms with Crippen molar-refractivity contribution in [3.05, 3.63) is 198 Å². The topological polar surface area (TPSA) is 16.4 Å². The highest BCUT2D eigenvalue weighted by Crippen LogP contribution is 2.64. The normalized spacial score (nSPS) is 16.2. The van der Waals surface area contributed by atoms with Crippen molar-refractivity contribution in [2.45, 2.75) is 83.5 Å². The number of hydrogen-bond donors (Lipinski definition) is 0. The van der Waals surface area contributed by atoms with Crippen LogP contribution in [-0.2, 0) is 5.41 Å². The van der Waals surface area contributed by atoms with E-state index in [1.807, 2.05) is 6.07 Å². The largest absolute Gasteiger partial charge is 0.455 e. The second-order valence-corrected chi connectivity index (χ2v) is 19.4. The molecule has 320 valence electrons. The lowest BCUT2D eigenvalue weighted by Crippen LogP contribution is -2.44. The molecule has 3 aliphatic rings. The van der Waals surface area contributed by atoms with Crippen LogP contribution >= 0.6 is 0 Å². The molecular weight excluding hydrogens is 787 g/mol. The van der Waals surface area contributed by atoms with E-state index in [9.17, 15) is 0 Å². The number of nitrogens with zero attached hydrogens (tertiary/aromatic N) is 1. The number of fused-ring (bicyclic) bond motifs is 6. The molecule has 9 aromatic rings. The number of rotatable bonds is 8. The highest BCUT2D eigenvalue weighted by Gasteiger charge is 2.55. The predicted octanol–water partition coefficient (Wildman–Crippen LogP) is 18.1. The maximum atomic E-state index is 6.48. The fourth-order valence-corrected chi connectivity index (χ4v) is 13.0. The molecule has 0 N–H and O–H groups in total. The number of aryl methyl sites for hydroxylation is 2. The Labute approximate surface area is 384 Å². The second kappa shape index (κ2) is 16.4. The van der Waals surface area contributed by atoms with Gasteiger partial charge in [-0.05, 0) is 149 Å². The molecule has 1 aromatic heterocycles. The van der Waals surface area contributed by atoms with Crippen LogP contribution in [0.15, 0.2) is 180 Å². The van der Waals surface area contributed by atoms with Crippen molar-refractivity contribution in [1.82, 2.24) is 0 Å². The summed E-state index contributed by atoms with van der Waals surface area (Å²) >= 11 is 0. The van der Waals surface area contributed by atoms with E-state index < -0.39 is 0 Å². The Kier molecular flexibility index (Phi) is 10.1. The predicted molar refractivity (Wildman–Crippen MR) is 274 cm³/mol. The summed E-state index contributed by atoms with van der Waals surface area (Å²) in [4.78, 5) is 2.41. The zero-order chi connectivity index (χ0) is 43.5. The van der Waals surface area contributed by atoms with Crippen LogP contribution in [0.25, 0.3) is 66.4 Å². The minimum absolute atomic E-state index is 0.0412. The summed E-state index contributed by atoms with van der Waals surface area (Å²) in [5, 5.41) is 2.30. The molecule has 2 nitrogen and oxygen atoms in total. The van der Waals surface area contributed by atoms with Crippen LogP contribution in [0.3, 0.4) is 0 Å². The summed E-state index contributed by atoms with van der Waals surface area (Å²) < 4.78 is 6.48. The van der Waals surface area contributed by atoms with Gasteiger partial charge >= 0.3 is 0 Å². The standard InChI is InChI=1S/C63H57NO/c1-42-40-43(2)60-58(41-42)56-25-14-23-53(61(56)63(60,48-18-8-4-9-19-48)49-20-10-5-11-21-49)46-30-36-51(37-31-46)64(50-34-28-45(29-35-50)44-16-6-3-7-17-44)52-38-32-47(33-39-52)54-24-15-26-57-55-22-12-13-27-59(55)65-62(54)57/h3,6-7,12-17,22-41,48-49H,4-5,8-11,18-21H2,1-2H3. The number of benzene rings is 8. The van der Waals surface area contributed by atoms with Crippen LogP contribution < -0.4 is 4.90 Å². The highest BCUT2D eigenvalue weighted by atomic mass is 16.3. The first-order chi connectivity index (χ1) is 32.1. The summed E-state index contributed by atoms with van der Waals surface area (Å²) in [6.07, 6.45) is 13.5. The molecule has 65 heavy (non-hydrogen) atoms. The van der Waals surface area contributed by atoms with Gasteiger partial charge in [0.15, 0.2) is 0 Å². The van der Waals surface area contributed by atoms with Crippen molar-refractivity contribution in [3.8, 4) is 44.5 Å². The smallest absolute Gasteiger partial charge is 0.143 e. The molecule has 3 aliphatic carbocycles. The van der Waals surface area contributed by atoms with E-state index in [4.69, 9.17) is 4.42 Å². The van der Waals surface area contributed by atoms with Crippen molar-refractivity contribution in [2.24, 2.45) is 11.8 Å². The van der Waals surface area contributed by atoms with Gasteiger partial charge in [-0.3, -0.25) is 0 Å². The molecule has 8 aromatic carbocycles. The van der Waals surface area contributed by atoms with Gasteiger partial charge in [0.25, 0.3) is 0 Å². The van der Waals surface area contributed by atoms with E-state index in [-0.39, 0.29) is 5.41 Å². The number of anilines is 3. The zero-order valence-corrected chi connectivity index (χ0v) is 37.8. The van der Waals surface area contributed by atoms with Crippen molar-refractivity contribution in [3.63, 3.8) is 0 Å². The molecule has 2 saturated carbocycles. The van der Waals surface area contributed by atoms with Gasteiger partial charge in [0.1, 0.15) is 11.2 Å². The molecule has 12 rings (SSSR count). The van der Waals surface area contributed by atoms with Gasteiger partial charge in [0.2, 0.25) is 0 Å². The maximum absolute atomic E-state index is 6.48. The van der Waals surface area contributed by atoms with E-state index >= 15 is 0 Å². The maximum Gasteiger partial charge on any atom is 0.143 e. The first-order valence-electron chi connectivity index (χ1n) is 24.4. The quantitative estimate of drug-likeness (QED) is 0.152. The van der Waals surface area contributed by atoms with E-state index in [1.165, 1.54) is 109 Å². The van der Waals surface area contributed by atoms with E-state index in [0.717, 1.165) is 50.1 Å². The average Bonchev–Trinajstić information content (AvgIpc) is 3.90. The lowest BCUT2D eigenvalue weighted by Gasteiger charge is -2.50. The molecule has 0 spiro atoms. The number of para-hydroxylation sites is 2. The SMILES string of the molecule is Cc1cc(C)c2c(c1)-c1cccc(-c3ccc(N(c4ccc(-c5ccccc5)cc4)c4ccc(-c5cccc6c5oc5ccccc56)cc4)cc3)c1C2(C1CCCCC1)C1CCCCC1. The molecule has 0 radical (unpaired) electrons. The van der Waals surface area contributed by atoms with Crippen LogP contribution in [0.5, 0.6) is 0 Å². The summed E-state index contributed by atoms with van der Waals surface area (Å²) in [7, 11) is 0. The highest BCUT2D eigenvalue weighted by molar-refractivity contribution is 6.09. The Morgan fingerprint density at radius 3 is 1.57 bits per heavy atom. The Hall–Kier alpha value is -6.64. The van der Waals surface area contributed by atoms with Gasteiger partial charge in [-0.15, -0.1) is 0 Å². The Morgan fingerprint density at radius 2 is 0.923 bits per heavy atom. The lowest BCUT2D eigenvalue weighted by molar-refractivity contribution is 0.137. The van der Waals surface area contributed by atoms with E-state index in [0.29, 0.717) is 11.8 Å². The van der Waals surface area contributed by atoms with Gasteiger partial charge in [-0.2, -0.15) is 0 Å².